The van der Waals surface area contributed by atoms with Gasteiger partial charge in [0.1, 0.15) is 0 Å². The zero-order valence-corrected chi connectivity index (χ0v) is 8.94. The van der Waals surface area contributed by atoms with Crippen molar-refractivity contribution in [3.63, 3.8) is 0 Å². The molecular formula is C11H18O2. The average molecular weight is 182 g/mol. The van der Waals surface area contributed by atoms with Crippen LogP contribution in [0.4, 0.5) is 0 Å². The Kier molecular flexibility index (Phi) is 5.99. The third kappa shape index (κ3) is 4.54. The zero-order valence-electron chi connectivity index (χ0n) is 8.94. The largest absolute Gasteiger partial charge is 0.462 e. The minimum absolute atomic E-state index is 0.262. The van der Waals surface area contributed by atoms with Crippen molar-refractivity contribution in [3.8, 4) is 0 Å². The molecule has 13 heavy (non-hydrogen) atoms. The molecular weight excluding hydrogens is 164 g/mol. The monoisotopic (exact) mass is 182 g/mol. The fourth-order valence-electron chi connectivity index (χ4n) is 0.982. The first-order valence-corrected chi connectivity index (χ1v) is 4.78. The fraction of sp³-hybridized carbons (Fsp3) is 0.636. The maximum absolute atomic E-state index is 11.2. The van der Waals surface area contributed by atoms with Crippen LogP contribution in [0.2, 0.25) is 0 Å². The highest BCUT2D eigenvalue weighted by Gasteiger charge is 2.02. The molecule has 0 unspecified atom stereocenters. The number of carbonyl (C=O) groups excluding carboxylic acids is 1. The van der Waals surface area contributed by atoms with Crippen LogP contribution >= 0.6 is 0 Å². The molecule has 0 fully saturated rings. The van der Waals surface area contributed by atoms with Gasteiger partial charge in [-0.25, -0.2) is 4.79 Å². The van der Waals surface area contributed by atoms with Crippen LogP contribution < -0.4 is 0 Å². The number of carbonyl (C=O) groups is 1. The molecule has 0 radical (unpaired) electrons. The van der Waals surface area contributed by atoms with E-state index in [1.54, 1.807) is 13.8 Å². The summed E-state index contributed by atoms with van der Waals surface area (Å²) in [5.41, 5.74) is 4.79. The van der Waals surface area contributed by atoms with Crippen LogP contribution in [0.3, 0.4) is 0 Å². The predicted molar refractivity (Wildman–Crippen MR) is 53.4 cm³/mol. The molecule has 0 aliphatic rings. The molecule has 0 aromatic heterocycles. The van der Waals surface area contributed by atoms with E-state index in [9.17, 15) is 4.79 Å². The highest BCUT2D eigenvalue weighted by Crippen LogP contribution is 2.05. The lowest BCUT2D eigenvalue weighted by atomic mass is 10.1. The van der Waals surface area contributed by atoms with Crippen LogP contribution in [0.1, 0.15) is 40.5 Å². The van der Waals surface area contributed by atoms with Gasteiger partial charge in [-0.05, 0) is 32.3 Å². The zero-order chi connectivity index (χ0) is 10.3. The third-order valence-corrected chi connectivity index (χ3v) is 1.80. The topological polar surface area (TPSA) is 26.3 Å². The minimum Gasteiger partial charge on any atom is -0.462 e. The Morgan fingerprint density at radius 1 is 1.23 bits per heavy atom. The van der Waals surface area contributed by atoms with Crippen molar-refractivity contribution in [1.82, 2.24) is 0 Å². The third-order valence-electron chi connectivity index (χ3n) is 1.80. The number of rotatable bonds is 4. The van der Waals surface area contributed by atoms with E-state index in [1.165, 1.54) is 0 Å². The Bertz CT molecular complexity index is 226. The van der Waals surface area contributed by atoms with E-state index in [0.29, 0.717) is 12.2 Å². The van der Waals surface area contributed by atoms with Gasteiger partial charge < -0.3 is 4.74 Å². The second kappa shape index (κ2) is 6.50. The predicted octanol–water partition coefficient (Wildman–Crippen LogP) is 2.84. The summed E-state index contributed by atoms with van der Waals surface area (Å²) in [6, 6.07) is 0. The summed E-state index contributed by atoms with van der Waals surface area (Å²) in [4.78, 5) is 11.2. The molecule has 0 aromatic carbocycles. The smallest absolute Gasteiger partial charge is 0.341 e. The SMILES string of the molecule is CCOC(=O)C(C)=C=C(CC)CC. The van der Waals surface area contributed by atoms with Gasteiger partial charge in [0, 0.05) is 0 Å². The Morgan fingerprint density at radius 2 is 1.77 bits per heavy atom. The highest BCUT2D eigenvalue weighted by molar-refractivity contribution is 5.87. The molecule has 0 bridgehead atoms. The highest BCUT2D eigenvalue weighted by atomic mass is 16.5. The van der Waals surface area contributed by atoms with E-state index < -0.39 is 0 Å². The molecule has 0 aromatic rings. The van der Waals surface area contributed by atoms with Gasteiger partial charge in [0.15, 0.2) is 0 Å². The molecule has 74 valence electrons. The van der Waals surface area contributed by atoms with E-state index in [0.717, 1.165) is 18.4 Å². The van der Waals surface area contributed by atoms with Gasteiger partial charge in [-0.1, -0.05) is 13.8 Å². The number of esters is 1. The maximum atomic E-state index is 11.2. The molecule has 0 heterocycles. The fourth-order valence-corrected chi connectivity index (χ4v) is 0.982. The second-order valence-electron chi connectivity index (χ2n) is 2.78. The summed E-state index contributed by atoms with van der Waals surface area (Å²) >= 11 is 0. The Hall–Kier alpha value is -1.01. The molecule has 0 atom stereocenters. The van der Waals surface area contributed by atoms with Crippen molar-refractivity contribution in [2.75, 3.05) is 6.61 Å². The first kappa shape index (κ1) is 12.0. The first-order chi connectivity index (χ1) is 6.15. The van der Waals surface area contributed by atoms with Gasteiger partial charge in [-0.2, -0.15) is 0 Å². The lowest BCUT2D eigenvalue weighted by Crippen LogP contribution is -2.04. The van der Waals surface area contributed by atoms with Crippen LogP contribution in [0.5, 0.6) is 0 Å². The quantitative estimate of drug-likeness (QED) is 0.379. The van der Waals surface area contributed by atoms with Crippen LogP contribution in [0.15, 0.2) is 16.9 Å². The normalized spacial score (nSPS) is 8.92. The lowest BCUT2D eigenvalue weighted by molar-refractivity contribution is -0.138. The molecule has 0 aliphatic heterocycles. The van der Waals surface area contributed by atoms with Crippen molar-refractivity contribution < 1.29 is 9.53 Å². The van der Waals surface area contributed by atoms with E-state index >= 15 is 0 Å². The van der Waals surface area contributed by atoms with Gasteiger partial charge in [0.05, 0.1) is 12.2 Å². The number of ether oxygens (including phenoxy) is 1. The Labute approximate surface area is 80.3 Å². The Balaban J connectivity index is 4.61. The summed E-state index contributed by atoms with van der Waals surface area (Å²) < 4.78 is 4.84. The Morgan fingerprint density at radius 3 is 2.15 bits per heavy atom. The molecule has 2 heteroatoms. The van der Waals surface area contributed by atoms with Gasteiger partial charge in [-0.3, -0.25) is 0 Å². The lowest BCUT2D eigenvalue weighted by Gasteiger charge is -1.99. The average Bonchev–Trinajstić information content (AvgIpc) is 2.14. The van der Waals surface area contributed by atoms with Crippen LogP contribution in [0, 0.1) is 0 Å². The molecule has 0 aliphatic carbocycles. The van der Waals surface area contributed by atoms with Crippen molar-refractivity contribution >= 4 is 5.97 Å². The molecule has 0 spiro atoms. The summed E-state index contributed by atoms with van der Waals surface area (Å²) in [6.45, 7) is 8.08. The van der Waals surface area contributed by atoms with Crippen LogP contribution in [-0.4, -0.2) is 12.6 Å². The summed E-state index contributed by atoms with van der Waals surface area (Å²) in [7, 11) is 0. The van der Waals surface area contributed by atoms with Gasteiger partial charge in [-0.15, -0.1) is 5.73 Å². The summed E-state index contributed by atoms with van der Waals surface area (Å²) in [5.74, 6) is -0.262. The van der Waals surface area contributed by atoms with Crippen molar-refractivity contribution in [1.29, 1.82) is 0 Å². The molecule has 0 N–H and O–H groups in total. The molecule has 0 saturated heterocycles. The first-order valence-electron chi connectivity index (χ1n) is 4.78. The second-order valence-corrected chi connectivity index (χ2v) is 2.78. The van der Waals surface area contributed by atoms with Crippen LogP contribution in [-0.2, 0) is 9.53 Å². The maximum Gasteiger partial charge on any atom is 0.341 e. The van der Waals surface area contributed by atoms with E-state index in [4.69, 9.17) is 4.74 Å². The van der Waals surface area contributed by atoms with Crippen LogP contribution in [0.25, 0.3) is 0 Å². The molecule has 0 rings (SSSR count). The summed E-state index contributed by atoms with van der Waals surface area (Å²) in [6.07, 6.45) is 1.88. The molecule has 2 nitrogen and oxygen atoms in total. The standard InChI is InChI=1S/C11H18O2/c1-5-10(6-2)8-9(4)11(12)13-7-3/h5-7H2,1-4H3. The van der Waals surface area contributed by atoms with Gasteiger partial charge >= 0.3 is 5.97 Å². The van der Waals surface area contributed by atoms with Crippen molar-refractivity contribution in [2.24, 2.45) is 0 Å². The van der Waals surface area contributed by atoms with E-state index in [1.807, 2.05) is 0 Å². The van der Waals surface area contributed by atoms with Crippen molar-refractivity contribution in [3.05, 3.63) is 16.9 Å². The van der Waals surface area contributed by atoms with Gasteiger partial charge in [0.2, 0.25) is 0 Å². The molecule has 0 amide bonds. The van der Waals surface area contributed by atoms with E-state index in [-0.39, 0.29) is 5.97 Å². The van der Waals surface area contributed by atoms with Crippen molar-refractivity contribution in [2.45, 2.75) is 40.5 Å². The minimum atomic E-state index is -0.262. The molecule has 0 saturated carbocycles. The van der Waals surface area contributed by atoms with E-state index in [2.05, 4.69) is 19.6 Å². The summed E-state index contributed by atoms with van der Waals surface area (Å²) in [5, 5.41) is 0. The number of hydrogen-bond acceptors (Lipinski definition) is 2. The number of hydrogen-bond donors (Lipinski definition) is 0. The van der Waals surface area contributed by atoms with Gasteiger partial charge in [0.25, 0.3) is 0 Å².